The average Bonchev–Trinajstić information content (AvgIpc) is 3.22. The number of unbranched alkanes of at least 4 members (excludes halogenated alkanes) is 9. The van der Waals surface area contributed by atoms with Gasteiger partial charge in [0.1, 0.15) is 6.17 Å². The number of rotatable bonds is 17. The number of nitrogens with zero attached hydrogens (tertiary/aromatic N) is 2. The molecule has 0 aromatic carbocycles. The van der Waals surface area contributed by atoms with Gasteiger partial charge in [-0.3, -0.25) is 4.90 Å². The summed E-state index contributed by atoms with van der Waals surface area (Å²) in [6.07, 6.45) is 0.120. The number of hydrogen-bond donors (Lipinski definition) is 0. The van der Waals surface area contributed by atoms with Crippen LogP contribution in [0.25, 0.3) is 0 Å². The van der Waals surface area contributed by atoms with Crippen molar-refractivity contribution in [1.82, 2.24) is 9.80 Å². The second-order valence-corrected chi connectivity index (χ2v) is 9.12. The molecule has 0 bridgehead atoms. The Hall–Kier alpha value is -1.83. The lowest BCUT2D eigenvalue weighted by molar-refractivity contribution is -0.450. The third kappa shape index (κ3) is 6.48. The molecule has 2 nitrogen and oxygen atoms in total. The van der Waals surface area contributed by atoms with Crippen molar-refractivity contribution in [3.63, 3.8) is 0 Å². The van der Waals surface area contributed by atoms with Gasteiger partial charge in [-0.15, -0.1) is 0 Å². The van der Waals surface area contributed by atoms with E-state index in [4.69, 9.17) is 0 Å². The minimum atomic E-state index is -7.92. The van der Waals surface area contributed by atoms with E-state index in [9.17, 15) is 57.1 Å². The molecule has 0 aromatic rings. The van der Waals surface area contributed by atoms with E-state index in [1.54, 1.807) is 0 Å². The Morgan fingerprint density at radius 3 is 1.45 bits per heavy atom. The van der Waals surface area contributed by atoms with Crippen LogP contribution in [0.3, 0.4) is 0 Å². The van der Waals surface area contributed by atoms with Gasteiger partial charge in [-0.1, -0.05) is 71.3 Å². The topological polar surface area (TPSA) is 6.48 Å². The first kappa shape index (κ1) is 34.2. The van der Waals surface area contributed by atoms with E-state index in [0.29, 0.717) is 19.0 Å². The van der Waals surface area contributed by atoms with Crippen LogP contribution in [0, 0.1) is 0 Å². The molecule has 1 unspecified atom stereocenters. The Bertz CT molecular complexity index is 778. The zero-order valence-corrected chi connectivity index (χ0v) is 20.6. The third-order valence-corrected chi connectivity index (χ3v) is 6.33. The normalized spacial score (nSPS) is 18.0. The van der Waals surface area contributed by atoms with Crippen LogP contribution in [-0.2, 0) is 0 Å². The van der Waals surface area contributed by atoms with Crippen LogP contribution < -0.4 is 0 Å². The lowest BCUT2D eigenvalue weighted by Gasteiger charge is -2.44. The van der Waals surface area contributed by atoms with Gasteiger partial charge in [0.2, 0.25) is 0 Å². The summed E-state index contributed by atoms with van der Waals surface area (Å²) >= 11 is 0. The standard InChI is InChI=1S/C23H31F13N2/c1-3-5-6-7-8-9-10-11-12-13-14-17-37(4-2)15-16-38(17)23(35,36)21(30,31)19(26,27)18(24,25)20(28,29)22(32,33)34/h4,15-17H,2-3,5-14H2,1H3. The molecule has 1 aliphatic rings. The maximum absolute atomic E-state index is 14.7. The van der Waals surface area contributed by atoms with Crippen LogP contribution in [-0.4, -0.2) is 51.9 Å². The maximum atomic E-state index is 14.7. The Labute approximate surface area is 212 Å². The molecule has 15 heteroatoms. The zero-order chi connectivity index (χ0) is 29.6. The highest BCUT2D eigenvalue weighted by molar-refractivity contribution is 5.13. The van der Waals surface area contributed by atoms with Gasteiger partial charge in [-0.2, -0.15) is 57.1 Å². The summed E-state index contributed by atoms with van der Waals surface area (Å²) in [6, 6.07) is -6.31. The zero-order valence-electron chi connectivity index (χ0n) is 20.6. The fraction of sp³-hybridized carbons (Fsp3) is 0.826. The van der Waals surface area contributed by atoms with Crippen molar-refractivity contribution in [2.24, 2.45) is 0 Å². The summed E-state index contributed by atoms with van der Waals surface area (Å²) in [6.45, 7) is 5.31. The summed E-state index contributed by atoms with van der Waals surface area (Å²) < 4.78 is 176. The summed E-state index contributed by atoms with van der Waals surface area (Å²) in [5.41, 5.74) is 0. The fourth-order valence-electron chi connectivity index (χ4n) is 3.98. The van der Waals surface area contributed by atoms with Crippen LogP contribution in [0.1, 0.15) is 77.6 Å². The molecule has 1 atom stereocenters. The van der Waals surface area contributed by atoms with Gasteiger partial charge in [-0.05, 0) is 19.0 Å². The lowest BCUT2D eigenvalue weighted by atomic mass is 9.96. The van der Waals surface area contributed by atoms with Gasteiger partial charge in [0.25, 0.3) is 0 Å². The Balaban J connectivity index is 2.99. The molecule has 0 N–H and O–H groups in total. The number of alkyl halides is 13. The van der Waals surface area contributed by atoms with Crippen molar-refractivity contribution in [3.8, 4) is 0 Å². The SMILES string of the molecule is C=CN1C=CN(C(F)(F)C(F)(F)C(F)(F)C(F)(F)C(F)(F)C(F)(F)F)C1CCCCCCCCCCCC. The molecule has 1 rings (SSSR count). The van der Waals surface area contributed by atoms with E-state index < -0.39 is 47.0 Å². The van der Waals surface area contributed by atoms with E-state index in [1.165, 1.54) is 0 Å². The van der Waals surface area contributed by atoms with Crippen LogP contribution >= 0.6 is 0 Å². The van der Waals surface area contributed by atoms with Gasteiger partial charge in [0, 0.05) is 12.4 Å². The van der Waals surface area contributed by atoms with Crippen molar-refractivity contribution in [2.45, 2.75) is 120 Å². The molecule has 0 aliphatic carbocycles. The van der Waals surface area contributed by atoms with Gasteiger partial charge in [0.05, 0.1) is 0 Å². The predicted octanol–water partition coefficient (Wildman–Crippen LogP) is 9.55. The highest BCUT2D eigenvalue weighted by Gasteiger charge is 2.91. The first-order valence-corrected chi connectivity index (χ1v) is 12.1. The minimum Gasteiger partial charge on any atom is -0.333 e. The van der Waals surface area contributed by atoms with Gasteiger partial charge in [-0.25, -0.2) is 0 Å². The average molecular weight is 582 g/mol. The molecule has 0 aromatic heterocycles. The molecule has 1 aliphatic heterocycles. The smallest absolute Gasteiger partial charge is 0.333 e. The minimum absolute atomic E-state index is 0.101. The van der Waals surface area contributed by atoms with Crippen LogP contribution in [0.5, 0.6) is 0 Å². The molecule has 0 saturated heterocycles. The molecule has 0 amide bonds. The second kappa shape index (κ2) is 12.6. The predicted molar refractivity (Wildman–Crippen MR) is 114 cm³/mol. The highest BCUT2D eigenvalue weighted by atomic mass is 19.4. The fourth-order valence-corrected chi connectivity index (χ4v) is 3.98. The van der Waals surface area contributed by atoms with E-state index >= 15 is 0 Å². The third-order valence-electron chi connectivity index (χ3n) is 6.33. The Kier molecular flexibility index (Phi) is 11.3. The monoisotopic (exact) mass is 582 g/mol. The van der Waals surface area contributed by atoms with Gasteiger partial charge >= 0.3 is 35.9 Å². The Morgan fingerprint density at radius 1 is 0.605 bits per heavy atom. The molecule has 0 fully saturated rings. The first-order valence-electron chi connectivity index (χ1n) is 12.1. The molecular formula is C23H31F13N2. The maximum Gasteiger partial charge on any atom is 0.460 e. The summed E-state index contributed by atoms with van der Waals surface area (Å²) in [5.74, 6) is -30.8. The summed E-state index contributed by atoms with van der Waals surface area (Å²) in [4.78, 5) is 0.0243. The van der Waals surface area contributed by atoms with Crippen LogP contribution in [0.2, 0.25) is 0 Å². The van der Waals surface area contributed by atoms with Crippen molar-refractivity contribution in [2.75, 3.05) is 0 Å². The van der Waals surface area contributed by atoms with E-state index in [0.717, 1.165) is 56.0 Å². The molecule has 0 saturated carbocycles. The number of halogens is 13. The van der Waals surface area contributed by atoms with Crippen molar-refractivity contribution in [3.05, 3.63) is 25.2 Å². The van der Waals surface area contributed by atoms with Crippen LogP contribution in [0.4, 0.5) is 57.1 Å². The van der Waals surface area contributed by atoms with Crippen LogP contribution in [0.15, 0.2) is 25.2 Å². The summed E-state index contributed by atoms with van der Waals surface area (Å²) in [7, 11) is 0. The first-order chi connectivity index (χ1) is 17.3. The molecule has 38 heavy (non-hydrogen) atoms. The van der Waals surface area contributed by atoms with Crippen molar-refractivity contribution >= 4 is 0 Å². The quantitative estimate of drug-likeness (QED) is 0.0958. The van der Waals surface area contributed by atoms with Crippen molar-refractivity contribution in [1.29, 1.82) is 0 Å². The second-order valence-electron chi connectivity index (χ2n) is 9.12. The molecule has 0 radical (unpaired) electrons. The lowest BCUT2D eigenvalue weighted by Crippen LogP contribution is -2.72. The van der Waals surface area contributed by atoms with E-state index in [1.807, 2.05) is 0 Å². The van der Waals surface area contributed by atoms with Gasteiger partial charge in [0.15, 0.2) is 0 Å². The van der Waals surface area contributed by atoms with Crippen molar-refractivity contribution < 1.29 is 57.1 Å². The van der Waals surface area contributed by atoms with E-state index in [2.05, 4.69) is 13.5 Å². The molecule has 0 spiro atoms. The van der Waals surface area contributed by atoms with E-state index in [-0.39, 0.29) is 19.0 Å². The summed E-state index contributed by atoms with van der Waals surface area (Å²) in [5, 5.41) is 0. The van der Waals surface area contributed by atoms with Gasteiger partial charge < -0.3 is 4.90 Å². The largest absolute Gasteiger partial charge is 0.460 e. The molecule has 1 heterocycles. The highest BCUT2D eigenvalue weighted by Crippen LogP contribution is 2.61. The number of hydrogen-bond acceptors (Lipinski definition) is 2. The Morgan fingerprint density at radius 2 is 1.03 bits per heavy atom. The molecule has 224 valence electrons. The molecular weight excluding hydrogens is 551 g/mol.